The molecule has 0 unspecified atom stereocenters. The van der Waals surface area contributed by atoms with Crippen LogP contribution in [0.3, 0.4) is 0 Å². The molecule has 0 radical (unpaired) electrons. The van der Waals surface area contributed by atoms with Gasteiger partial charge >= 0.3 is 19.5 Å². The molecule has 0 bridgehead atoms. The first kappa shape index (κ1) is 42.6. The van der Waals surface area contributed by atoms with Gasteiger partial charge in [0.05, 0.1) is 32.2 Å². The zero-order chi connectivity index (χ0) is 41.8. The van der Waals surface area contributed by atoms with Crippen molar-refractivity contribution in [1.82, 2.24) is 19.9 Å². The van der Waals surface area contributed by atoms with E-state index in [0.29, 0.717) is 0 Å². The van der Waals surface area contributed by atoms with Gasteiger partial charge in [0.2, 0.25) is 0 Å². The van der Waals surface area contributed by atoms with Crippen molar-refractivity contribution in [3.05, 3.63) is 225 Å². The molecule has 61 heavy (non-hydrogen) atoms. The number of hydrogen-bond donors (Lipinski definition) is 0. The minimum atomic E-state index is -1.75. The predicted molar refractivity (Wildman–Crippen MR) is 237 cm³/mol. The summed E-state index contributed by atoms with van der Waals surface area (Å²) in [6.45, 7) is 0. The van der Waals surface area contributed by atoms with Crippen LogP contribution in [0.25, 0.3) is 88.1 Å². The van der Waals surface area contributed by atoms with Gasteiger partial charge in [0.1, 0.15) is 0 Å². The number of rotatable bonds is 4. The first-order valence-corrected chi connectivity index (χ1v) is 18.5. The molecule has 0 aliphatic heterocycles. The Bertz CT molecular complexity index is 2660. The fourth-order valence-electron chi connectivity index (χ4n) is 7.13. The van der Waals surface area contributed by atoms with E-state index in [4.69, 9.17) is 30.6 Å². The molecule has 13 heteroatoms. The van der Waals surface area contributed by atoms with Crippen LogP contribution in [0.2, 0.25) is 0 Å². The van der Waals surface area contributed by atoms with Gasteiger partial charge in [-0.3, -0.25) is 19.9 Å². The fraction of sp³-hybridized carbons (Fsp3) is 0. The largest absolute Gasteiger partial charge is 2.00 e. The second kappa shape index (κ2) is 20.1. The van der Waals surface area contributed by atoms with Gasteiger partial charge in [0, 0.05) is 46.3 Å². The number of hydrogen-bond acceptors (Lipinski definition) is 10. The first-order chi connectivity index (χ1) is 29.3. The van der Waals surface area contributed by atoms with Crippen molar-refractivity contribution in [2.45, 2.75) is 0 Å². The Balaban J connectivity index is 0.000000172. The first-order valence-electron chi connectivity index (χ1n) is 18.5. The SMILES string of the molecule is O=[N+]([O-])[O-].O=[N+]([O-])[O-].[Zn+2].c1ccc(-c2ccnc3c2ccc2c(-c4ccccc4)ccnc23)cc1.c1ccc(-c2ccnc3c2ccc2c(-c4ccccc4)ccnc23)cc1. The molecular weight excluding hydrogens is 822 g/mol. The Morgan fingerprint density at radius 1 is 0.295 bits per heavy atom. The Morgan fingerprint density at radius 2 is 0.475 bits per heavy atom. The summed E-state index contributed by atoms with van der Waals surface area (Å²) in [5.41, 5.74) is 13.3. The van der Waals surface area contributed by atoms with Crippen molar-refractivity contribution >= 4 is 43.6 Å². The Morgan fingerprint density at radius 3 is 0.656 bits per heavy atom. The summed E-state index contributed by atoms with van der Waals surface area (Å²) in [5, 5.41) is 34.0. The van der Waals surface area contributed by atoms with Gasteiger partial charge in [-0.1, -0.05) is 146 Å². The van der Waals surface area contributed by atoms with Gasteiger partial charge in [0.15, 0.2) is 0 Å². The summed E-state index contributed by atoms with van der Waals surface area (Å²) in [6.07, 6.45) is 7.50. The van der Waals surface area contributed by atoms with Gasteiger partial charge in [-0.25, -0.2) is 0 Å². The molecule has 12 nitrogen and oxygen atoms in total. The zero-order valence-corrected chi connectivity index (χ0v) is 35.3. The molecule has 0 fully saturated rings. The summed E-state index contributed by atoms with van der Waals surface area (Å²) < 4.78 is 0. The molecule has 0 aliphatic carbocycles. The van der Waals surface area contributed by atoms with Crippen LogP contribution in [0.5, 0.6) is 0 Å². The average Bonchev–Trinajstić information content (AvgIpc) is 3.29. The molecule has 0 saturated heterocycles. The van der Waals surface area contributed by atoms with E-state index in [1.807, 2.05) is 49.1 Å². The summed E-state index contributed by atoms with van der Waals surface area (Å²) in [5.74, 6) is 0. The molecule has 0 saturated carbocycles. The summed E-state index contributed by atoms with van der Waals surface area (Å²) in [7, 11) is 0. The third-order valence-corrected chi connectivity index (χ3v) is 9.58. The second-order valence-electron chi connectivity index (χ2n) is 13.1. The van der Waals surface area contributed by atoms with E-state index >= 15 is 0 Å². The van der Waals surface area contributed by atoms with Crippen molar-refractivity contribution in [2.75, 3.05) is 0 Å². The zero-order valence-electron chi connectivity index (χ0n) is 32.3. The van der Waals surface area contributed by atoms with Crippen molar-refractivity contribution < 1.29 is 29.7 Å². The number of pyridine rings is 4. The molecule has 0 spiro atoms. The average molecular weight is 854 g/mol. The van der Waals surface area contributed by atoms with Crippen LogP contribution in [0.1, 0.15) is 0 Å². The van der Waals surface area contributed by atoms with Crippen molar-refractivity contribution in [1.29, 1.82) is 0 Å². The molecule has 0 aliphatic rings. The standard InChI is InChI=1S/2C24H16N2.2NO3.Zn/c2*1-3-7-17(8-4-1)19-13-15-25-23-21(19)11-12-22-20(14-16-26-24(22)23)18-9-5-2-6-10-18;2*2-1(3)4;/h2*1-16H;;;/q;;2*-1;+2. The maximum Gasteiger partial charge on any atom is 2.00 e. The van der Waals surface area contributed by atoms with Gasteiger partial charge < -0.3 is 30.6 Å². The number of aromatic nitrogens is 4. The molecule has 0 amide bonds. The minimum Gasteiger partial charge on any atom is -0.356 e. The van der Waals surface area contributed by atoms with E-state index in [2.05, 4.69) is 166 Å². The number of fused-ring (bicyclic) bond motifs is 6. The molecule has 4 aromatic heterocycles. The maximum absolute atomic E-state index is 8.25. The van der Waals surface area contributed by atoms with Crippen LogP contribution in [0.15, 0.2) is 195 Å². The van der Waals surface area contributed by atoms with E-state index < -0.39 is 10.2 Å². The monoisotopic (exact) mass is 852 g/mol. The summed E-state index contributed by atoms with van der Waals surface area (Å²) >= 11 is 0. The maximum atomic E-state index is 8.25. The number of nitrogens with zero attached hydrogens (tertiary/aromatic N) is 6. The normalized spacial score (nSPS) is 10.2. The summed E-state index contributed by atoms with van der Waals surface area (Å²) in [4.78, 5) is 35.2. The van der Waals surface area contributed by atoms with Crippen LogP contribution in [-0.4, -0.2) is 30.1 Å². The van der Waals surface area contributed by atoms with Crippen LogP contribution >= 0.6 is 0 Å². The second-order valence-corrected chi connectivity index (χ2v) is 13.1. The smallest absolute Gasteiger partial charge is 0.356 e. The van der Waals surface area contributed by atoms with E-state index in [-0.39, 0.29) is 19.5 Å². The van der Waals surface area contributed by atoms with Crippen LogP contribution < -0.4 is 0 Å². The van der Waals surface area contributed by atoms with Crippen LogP contribution in [0, 0.1) is 30.6 Å². The van der Waals surface area contributed by atoms with Gasteiger partial charge in [-0.05, 0) is 68.8 Å². The third-order valence-electron chi connectivity index (χ3n) is 9.58. The molecule has 0 N–H and O–H groups in total. The summed E-state index contributed by atoms with van der Waals surface area (Å²) in [6, 6.07) is 58.7. The van der Waals surface area contributed by atoms with E-state index in [1.54, 1.807) is 0 Å². The minimum absolute atomic E-state index is 0. The molecule has 4 heterocycles. The molecular formula is C48H32N6O6Zn. The van der Waals surface area contributed by atoms with E-state index in [9.17, 15) is 0 Å². The van der Waals surface area contributed by atoms with Crippen LogP contribution in [-0.2, 0) is 19.5 Å². The Kier molecular flexibility index (Phi) is 14.0. The van der Waals surface area contributed by atoms with E-state index in [1.165, 1.54) is 44.5 Å². The molecule has 10 aromatic rings. The molecule has 6 aromatic carbocycles. The fourth-order valence-corrected chi connectivity index (χ4v) is 7.13. The predicted octanol–water partition coefficient (Wildman–Crippen LogP) is 11.8. The van der Waals surface area contributed by atoms with Crippen molar-refractivity contribution in [3.8, 4) is 44.5 Å². The molecule has 0 atom stereocenters. The molecule has 292 valence electrons. The van der Waals surface area contributed by atoms with Crippen molar-refractivity contribution in [2.24, 2.45) is 0 Å². The van der Waals surface area contributed by atoms with Gasteiger partial charge in [-0.15, -0.1) is 0 Å². The molecule has 10 rings (SSSR count). The topological polar surface area (TPSA) is 184 Å². The van der Waals surface area contributed by atoms with E-state index in [0.717, 1.165) is 43.6 Å². The Labute approximate surface area is 361 Å². The quantitative estimate of drug-likeness (QED) is 0.0714. The van der Waals surface area contributed by atoms with Gasteiger partial charge in [-0.2, -0.15) is 0 Å². The van der Waals surface area contributed by atoms with Gasteiger partial charge in [0.25, 0.3) is 0 Å². The van der Waals surface area contributed by atoms with Crippen molar-refractivity contribution in [3.63, 3.8) is 0 Å². The van der Waals surface area contributed by atoms with Crippen LogP contribution in [0.4, 0.5) is 0 Å². The Hall–Kier alpha value is -8.02. The number of benzene rings is 6. The third kappa shape index (κ3) is 10.00.